The first kappa shape index (κ1) is 35.6. The number of carbonyl (C=O) groups excluding carboxylic acids is 5. The fourth-order valence-corrected chi connectivity index (χ4v) is 5.45. The number of hydrogen-bond donors (Lipinski definition) is 3. The third kappa shape index (κ3) is 8.56. The van der Waals surface area contributed by atoms with E-state index in [1.165, 1.54) is 11.8 Å². The molecule has 3 rings (SSSR count). The van der Waals surface area contributed by atoms with E-state index in [-0.39, 0.29) is 101 Å². The zero-order valence-corrected chi connectivity index (χ0v) is 27.6. The van der Waals surface area contributed by atoms with Gasteiger partial charge in [0.15, 0.2) is 0 Å². The van der Waals surface area contributed by atoms with E-state index in [1.807, 2.05) is 20.8 Å². The maximum atomic E-state index is 12.5. The Morgan fingerprint density at radius 3 is 2.26 bits per heavy atom. The molecule has 1 saturated heterocycles. The molecule has 0 saturated carbocycles. The molecule has 2 aliphatic rings. The monoisotopic (exact) mass is 577 g/mol. The summed E-state index contributed by atoms with van der Waals surface area (Å²) in [6, 6.07) is 4.57. The summed E-state index contributed by atoms with van der Waals surface area (Å²) in [6.45, 7) is 5.57. The summed E-state index contributed by atoms with van der Waals surface area (Å²) in [7, 11) is 0. The molecule has 3 atom stereocenters. The second kappa shape index (κ2) is 15.0. The minimum absolute atomic E-state index is 0. The number of carbonyl (C=O) groups is 5. The summed E-state index contributed by atoms with van der Waals surface area (Å²) < 4.78 is 0. The van der Waals surface area contributed by atoms with Gasteiger partial charge in [-0.1, -0.05) is 32.9 Å². The Morgan fingerprint density at radius 1 is 1.13 bits per heavy atom. The number of nitrogens with one attached hydrogen (secondary N) is 2. The molecule has 0 aromatic heterocycles. The van der Waals surface area contributed by atoms with Crippen molar-refractivity contribution in [1.29, 1.82) is 0 Å². The molecule has 3 amide bonds. The molecule has 11 nitrogen and oxygen atoms in total. The van der Waals surface area contributed by atoms with E-state index in [1.54, 1.807) is 24.3 Å². The smallest absolute Gasteiger partial charge is 0.548 e. The average Bonchev–Trinajstić information content (AvgIpc) is 2.84. The molecule has 0 bridgehead atoms. The van der Waals surface area contributed by atoms with Crippen molar-refractivity contribution in [3.05, 3.63) is 46.7 Å². The van der Waals surface area contributed by atoms with Crippen molar-refractivity contribution < 1.29 is 98.4 Å². The number of fused-ring (bicyclic) bond motifs is 1. The van der Waals surface area contributed by atoms with Gasteiger partial charge in [-0.3, -0.25) is 19.3 Å². The van der Waals surface area contributed by atoms with E-state index >= 15 is 0 Å². The second-order valence-electron chi connectivity index (χ2n) is 9.92. The Labute approximate surface area is 275 Å². The van der Waals surface area contributed by atoms with Gasteiger partial charge in [0, 0.05) is 17.7 Å². The van der Waals surface area contributed by atoms with Gasteiger partial charge in [-0.25, -0.2) is 0 Å². The predicted octanol–water partition coefficient (Wildman–Crippen LogP) is -7.59. The van der Waals surface area contributed by atoms with Gasteiger partial charge >= 0.3 is 59.1 Å². The molecule has 1 fully saturated rings. The Morgan fingerprint density at radius 2 is 1.74 bits per heavy atom. The SMILES string of the molecule is CC(C)(C)c1ccc(C(=O)NC(CCCC(=O)N[C@@H]2C(=O)N3C(C(=O)[O-])=C(CO)CS[C@@H]23)C(=O)[O-])cc1.[Na+].[Na+]. The van der Waals surface area contributed by atoms with E-state index in [0.717, 1.165) is 10.5 Å². The van der Waals surface area contributed by atoms with Crippen molar-refractivity contribution in [3.8, 4) is 0 Å². The summed E-state index contributed by atoms with van der Waals surface area (Å²) >= 11 is 1.21. The topological polar surface area (TPSA) is 179 Å². The van der Waals surface area contributed by atoms with Crippen LogP contribution in [0.1, 0.15) is 56.0 Å². The zero-order chi connectivity index (χ0) is 27.5. The van der Waals surface area contributed by atoms with Crippen LogP contribution < -0.4 is 80.0 Å². The van der Waals surface area contributed by atoms with Crippen molar-refractivity contribution in [2.45, 2.75) is 62.9 Å². The molecular formula is C25H29N3Na2O8S. The maximum absolute atomic E-state index is 12.5. The normalized spacial score (nSPS) is 19.0. The molecule has 39 heavy (non-hydrogen) atoms. The number of β-lactam (4-membered cyclic amide) rings is 1. The maximum Gasteiger partial charge on any atom is 1.00 e. The van der Waals surface area contributed by atoms with Crippen LogP contribution >= 0.6 is 11.8 Å². The molecule has 3 N–H and O–H groups in total. The Hall–Kier alpha value is -1.38. The molecule has 2 aliphatic heterocycles. The number of aliphatic hydroxyl groups excluding tert-OH is 1. The van der Waals surface area contributed by atoms with Gasteiger partial charge < -0.3 is 35.5 Å². The van der Waals surface area contributed by atoms with E-state index < -0.39 is 53.7 Å². The van der Waals surface area contributed by atoms with E-state index in [2.05, 4.69) is 10.6 Å². The fraction of sp³-hybridized carbons (Fsp3) is 0.480. The second-order valence-corrected chi connectivity index (χ2v) is 11.0. The number of aliphatic carboxylic acids is 2. The molecule has 14 heteroatoms. The number of nitrogens with zero attached hydrogens (tertiary/aromatic N) is 1. The molecule has 1 aromatic rings. The first-order chi connectivity index (χ1) is 17.3. The van der Waals surface area contributed by atoms with Crippen LogP contribution in [-0.2, 0) is 24.6 Å². The molecule has 0 aliphatic carbocycles. The van der Waals surface area contributed by atoms with Crippen LogP contribution in [-0.4, -0.2) is 69.5 Å². The molecule has 2 heterocycles. The van der Waals surface area contributed by atoms with Crippen molar-refractivity contribution in [2.75, 3.05) is 12.4 Å². The van der Waals surface area contributed by atoms with E-state index in [4.69, 9.17) is 0 Å². The average molecular weight is 578 g/mol. The molecular weight excluding hydrogens is 548 g/mol. The summed E-state index contributed by atoms with van der Waals surface area (Å²) in [5.41, 5.74) is 1.01. The van der Waals surface area contributed by atoms with Crippen LogP contribution in [0, 0.1) is 0 Å². The largest absolute Gasteiger partial charge is 1.00 e. The summed E-state index contributed by atoms with van der Waals surface area (Å²) in [5.74, 6) is -4.61. The zero-order valence-electron chi connectivity index (χ0n) is 22.7. The van der Waals surface area contributed by atoms with Gasteiger partial charge in [-0.2, -0.15) is 0 Å². The third-order valence-corrected chi connectivity index (χ3v) is 7.59. The molecule has 1 unspecified atom stereocenters. The number of thioether (sulfide) groups is 1. The summed E-state index contributed by atoms with van der Waals surface area (Å²) in [6.07, 6.45) is -0.0941. The number of rotatable bonds is 10. The van der Waals surface area contributed by atoms with Crippen LogP contribution in [0.5, 0.6) is 0 Å². The fourth-order valence-electron chi connectivity index (χ4n) is 4.12. The number of benzene rings is 1. The van der Waals surface area contributed by atoms with Gasteiger partial charge in [0.1, 0.15) is 11.4 Å². The number of carboxylic acids is 2. The van der Waals surface area contributed by atoms with Crippen molar-refractivity contribution >= 4 is 41.4 Å². The van der Waals surface area contributed by atoms with Crippen LogP contribution in [0.3, 0.4) is 0 Å². The van der Waals surface area contributed by atoms with Crippen molar-refractivity contribution in [2.24, 2.45) is 0 Å². The van der Waals surface area contributed by atoms with Crippen LogP contribution in [0.25, 0.3) is 0 Å². The summed E-state index contributed by atoms with van der Waals surface area (Å²) in [5, 5.41) is 36.6. The standard InChI is InChI=1S/C25H31N3O8S.2Na/c1-25(2,3)15-9-7-13(8-10-15)20(31)26-16(23(33)34)5-4-6-17(30)27-18-21(32)28-19(24(35)36)14(11-29)12-37-22(18)28;;/h7-10,16,18,22,29H,4-6,11-12H2,1-3H3,(H,26,31)(H,27,30)(H,33,34)(H,35,36);;/q;2*+1/p-2/t16?,18-,22+;;/m1../s1. The Balaban J connectivity index is 0.00000380. The van der Waals surface area contributed by atoms with E-state index in [0.29, 0.717) is 5.56 Å². The van der Waals surface area contributed by atoms with Gasteiger partial charge in [0.2, 0.25) is 5.91 Å². The number of aliphatic hydroxyl groups is 1. The number of hydrogen-bond acceptors (Lipinski definition) is 9. The first-order valence-electron chi connectivity index (χ1n) is 11.8. The Kier molecular flexibility index (Phi) is 13.7. The van der Waals surface area contributed by atoms with Gasteiger partial charge in [-0.05, 0) is 41.5 Å². The quantitative estimate of drug-likeness (QED) is 0.180. The Bertz CT molecular complexity index is 1140. The first-order valence-corrected chi connectivity index (χ1v) is 12.8. The van der Waals surface area contributed by atoms with Crippen LogP contribution in [0.2, 0.25) is 0 Å². The van der Waals surface area contributed by atoms with E-state index in [9.17, 15) is 39.3 Å². The number of amides is 3. The van der Waals surface area contributed by atoms with Crippen molar-refractivity contribution in [3.63, 3.8) is 0 Å². The molecule has 200 valence electrons. The molecule has 1 aromatic carbocycles. The van der Waals surface area contributed by atoms with Gasteiger partial charge in [0.25, 0.3) is 11.8 Å². The molecule has 0 radical (unpaired) electrons. The van der Waals surface area contributed by atoms with Gasteiger partial charge in [-0.15, -0.1) is 11.8 Å². The van der Waals surface area contributed by atoms with Crippen molar-refractivity contribution in [1.82, 2.24) is 15.5 Å². The predicted molar refractivity (Wildman–Crippen MR) is 129 cm³/mol. The minimum Gasteiger partial charge on any atom is -0.548 e. The number of carboxylic acid groups (broad SMARTS) is 2. The van der Waals surface area contributed by atoms with Gasteiger partial charge in [0.05, 0.1) is 30.3 Å². The minimum atomic E-state index is -1.58. The summed E-state index contributed by atoms with van der Waals surface area (Å²) in [4.78, 5) is 61.3. The van der Waals surface area contributed by atoms with Crippen LogP contribution in [0.4, 0.5) is 0 Å². The third-order valence-electron chi connectivity index (χ3n) is 6.25. The molecule has 0 spiro atoms. The van der Waals surface area contributed by atoms with Crippen LogP contribution in [0.15, 0.2) is 35.5 Å².